The van der Waals surface area contributed by atoms with Gasteiger partial charge in [-0.05, 0) is 48.7 Å². The van der Waals surface area contributed by atoms with Crippen molar-refractivity contribution in [2.75, 3.05) is 23.7 Å². The monoisotopic (exact) mass is 418 g/mol. The Hall–Kier alpha value is -3.81. The van der Waals surface area contributed by atoms with E-state index in [4.69, 9.17) is 4.42 Å². The fraction of sp³-hybridized carbons (Fsp3) is 0.261. The van der Waals surface area contributed by atoms with Gasteiger partial charge in [-0.2, -0.15) is 0 Å². The summed E-state index contributed by atoms with van der Waals surface area (Å²) in [5, 5.41) is 5.38. The van der Waals surface area contributed by atoms with E-state index in [1.165, 1.54) is 6.26 Å². The average Bonchev–Trinajstić information content (AvgIpc) is 3.31. The molecule has 2 atom stereocenters. The van der Waals surface area contributed by atoms with Crippen LogP contribution in [0.25, 0.3) is 0 Å². The first-order chi connectivity index (χ1) is 15.1. The number of hydrogen-bond donors (Lipinski definition) is 2. The topological polar surface area (TPSA) is 96.6 Å². The van der Waals surface area contributed by atoms with E-state index in [-0.39, 0.29) is 29.0 Å². The van der Waals surface area contributed by atoms with E-state index in [2.05, 4.69) is 10.6 Å². The van der Waals surface area contributed by atoms with Crippen molar-refractivity contribution < 1.29 is 14.0 Å². The second-order valence-electron chi connectivity index (χ2n) is 8.02. The van der Waals surface area contributed by atoms with Crippen molar-refractivity contribution in [1.82, 2.24) is 9.47 Å². The number of aromatic nitrogens is 1. The van der Waals surface area contributed by atoms with E-state index in [9.17, 15) is 14.4 Å². The summed E-state index contributed by atoms with van der Waals surface area (Å²) in [4.78, 5) is 39.9. The number of pyridine rings is 1. The number of para-hydroxylation sites is 1. The van der Waals surface area contributed by atoms with Gasteiger partial charge in [0.1, 0.15) is 5.69 Å². The van der Waals surface area contributed by atoms with Crippen LogP contribution in [-0.4, -0.2) is 34.5 Å². The van der Waals surface area contributed by atoms with Crippen molar-refractivity contribution in [2.24, 2.45) is 5.92 Å². The van der Waals surface area contributed by atoms with Gasteiger partial charge in [0.05, 0.1) is 6.26 Å². The van der Waals surface area contributed by atoms with Crippen LogP contribution in [0.5, 0.6) is 0 Å². The number of hydrogen-bond acceptors (Lipinski definition) is 4. The van der Waals surface area contributed by atoms with Crippen LogP contribution in [0.3, 0.4) is 0 Å². The second kappa shape index (κ2) is 7.79. The third-order valence-electron chi connectivity index (χ3n) is 5.90. The lowest BCUT2D eigenvalue weighted by Gasteiger charge is -2.42. The highest BCUT2D eigenvalue weighted by Crippen LogP contribution is 2.36. The maximum Gasteiger partial charge on any atom is 0.323 e. The van der Waals surface area contributed by atoms with E-state index in [1.54, 1.807) is 34.9 Å². The van der Waals surface area contributed by atoms with Gasteiger partial charge in [0, 0.05) is 36.9 Å². The Bertz CT molecular complexity index is 1170. The van der Waals surface area contributed by atoms with Gasteiger partial charge in [-0.25, -0.2) is 4.79 Å². The lowest BCUT2D eigenvalue weighted by Crippen LogP contribution is -2.49. The fourth-order valence-electron chi connectivity index (χ4n) is 4.57. The van der Waals surface area contributed by atoms with Crippen molar-refractivity contribution in [1.29, 1.82) is 0 Å². The number of fused-ring (bicyclic) bond motifs is 4. The van der Waals surface area contributed by atoms with Gasteiger partial charge in [0.2, 0.25) is 0 Å². The molecule has 2 bridgehead atoms. The van der Waals surface area contributed by atoms with Crippen molar-refractivity contribution in [3.8, 4) is 0 Å². The summed E-state index contributed by atoms with van der Waals surface area (Å²) in [6.45, 7) is 1.63. The molecule has 158 valence electrons. The largest absolute Gasteiger partial charge is 0.459 e. The van der Waals surface area contributed by atoms with Crippen LogP contribution in [-0.2, 0) is 6.54 Å². The molecule has 0 saturated carbocycles. The predicted molar refractivity (Wildman–Crippen MR) is 115 cm³/mol. The molecule has 2 aliphatic rings. The molecule has 3 aromatic rings. The molecule has 0 aliphatic carbocycles. The summed E-state index contributed by atoms with van der Waals surface area (Å²) in [5.74, 6) is 0.468. The van der Waals surface area contributed by atoms with Crippen LogP contribution in [0.1, 0.15) is 28.6 Å². The Morgan fingerprint density at radius 2 is 1.77 bits per heavy atom. The first kappa shape index (κ1) is 19.2. The molecule has 31 heavy (non-hydrogen) atoms. The van der Waals surface area contributed by atoms with E-state index in [0.29, 0.717) is 31.1 Å². The van der Waals surface area contributed by atoms with Crippen molar-refractivity contribution in [3.05, 3.63) is 82.7 Å². The number of rotatable bonds is 3. The minimum Gasteiger partial charge on any atom is -0.459 e. The molecule has 1 fully saturated rings. The molecule has 0 spiro atoms. The van der Waals surface area contributed by atoms with Gasteiger partial charge >= 0.3 is 6.03 Å². The summed E-state index contributed by atoms with van der Waals surface area (Å²) < 4.78 is 7.00. The number of furan rings is 1. The van der Waals surface area contributed by atoms with E-state index in [1.807, 2.05) is 29.2 Å². The number of amides is 3. The number of nitrogens with zero attached hydrogens (tertiary/aromatic N) is 2. The second-order valence-corrected chi connectivity index (χ2v) is 8.02. The van der Waals surface area contributed by atoms with Gasteiger partial charge < -0.3 is 24.5 Å². The van der Waals surface area contributed by atoms with E-state index in [0.717, 1.165) is 12.1 Å². The number of benzene rings is 1. The minimum absolute atomic E-state index is 0.0753. The standard InChI is InChI=1S/C23H22N4O4/c28-21-18(25-23(30)24-17-5-2-1-3-6-17)8-9-19-16-11-15(13-27(19)21)12-26(14-16)22(29)20-7-4-10-31-20/h1-10,15-16H,11-14H2,(H2,24,25,30)/t15-,16-/m1/s1. The zero-order valence-electron chi connectivity index (χ0n) is 16.8. The van der Waals surface area contributed by atoms with Crippen LogP contribution in [0.2, 0.25) is 0 Å². The van der Waals surface area contributed by atoms with Crippen LogP contribution in [0, 0.1) is 5.92 Å². The van der Waals surface area contributed by atoms with Crippen molar-refractivity contribution in [2.45, 2.75) is 18.9 Å². The van der Waals surface area contributed by atoms with Gasteiger partial charge in [-0.15, -0.1) is 0 Å². The first-order valence-electron chi connectivity index (χ1n) is 10.3. The predicted octanol–water partition coefficient (Wildman–Crippen LogP) is 3.34. The zero-order chi connectivity index (χ0) is 21.4. The first-order valence-corrected chi connectivity index (χ1v) is 10.3. The summed E-state index contributed by atoms with van der Waals surface area (Å²) >= 11 is 0. The average molecular weight is 418 g/mol. The smallest absolute Gasteiger partial charge is 0.323 e. The fourth-order valence-corrected chi connectivity index (χ4v) is 4.57. The number of carbonyl (C=O) groups is 2. The Kier molecular flexibility index (Phi) is 4.82. The third-order valence-corrected chi connectivity index (χ3v) is 5.90. The van der Waals surface area contributed by atoms with Crippen molar-refractivity contribution in [3.63, 3.8) is 0 Å². The molecule has 5 rings (SSSR count). The number of piperidine rings is 1. The molecule has 8 nitrogen and oxygen atoms in total. The quantitative estimate of drug-likeness (QED) is 0.682. The third kappa shape index (κ3) is 3.72. The van der Waals surface area contributed by atoms with Crippen LogP contribution in [0.15, 0.2) is 70.1 Å². The molecule has 8 heteroatoms. The number of carbonyl (C=O) groups excluding carboxylic acids is 2. The number of likely N-dealkylation sites (tertiary alicyclic amines) is 1. The number of urea groups is 1. The number of nitrogens with one attached hydrogen (secondary N) is 2. The zero-order valence-corrected chi connectivity index (χ0v) is 16.8. The van der Waals surface area contributed by atoms with Crippen LogP contribution >= 0.6 is 0 Å². The summed E-state index contributed by atoms with van der Waals surface area (Å²) in [5.41, 5.74) is 1.56. The Morgan fingerprint density at radius 1 is 0.935 bits per heavy atom. The molecular weight excluding hydrogens is 396 g/mol. The highest BCUT2D eigenvalue weighted by Gasteiger charge is 2.37. The van der Waals surface area contributed by atoms with Crippen molar-refractivity contribution >= 4 is 23.3 Å². The molecule has 2 N–H and O–H groups in total. The van der Waals surface area contributed by atoms with Gasteiger partial charge in [0.15, 0.2) is 5.76 Å². The van der Waals surface area contributed by atoms with Gasteiger partial charge in [-0.3, -0.25) is 9.59 Å². The summed E-state index contributed by atoms with van der Waals surface area (Å²) in [6.07, 6.45) is 2.43. The lowest BCUT2D eigenvalue weighted by molar-refractivity contribution is 0.0564. The molecule has 0 unspecified atom stereocenters. The molecule has 2 aliphatic heterocycles. The summed E-state index contributed by atoms with van der Waals surface area (Å²) in [6, 6.07) is 15.5. The number of anilines is 2. The lowest BCUT2D eigenvalue weighted by atomic mass is 9.83. The molecule has 2 aromatic heterocycles. The minimum atomic E-state index is -0.463. The maximum absolute atomic E-state index is 13.1. The summed E-state index contributed by atoms with van der Waals surface area (Å²) in [7, 11) is 0. The van der Waals surface area contributed by atoms with Crippen LogP contribution in [0.4, 0.5) is 16.2 Å². The molecule has 1 aromatic carbocycles. The van der Waals surface area contributed by atoms with Gasteiger partial charge in [0.25, 0.3) is 11.5 Å². The Labute approximate surface area is 178 Å². The molecule has 3 amide bonds. The SMILES string of the molecule is O=C(Nc1ccccc1)Nc1ccc2n(c1=O)C[C@@H]1C[C@@H]2CN(C(=O)c2ccco2)C1. The normalized spacial score (nSPS) is 19.4. The van der Waals surface area contributed by atoms with E-state index >= 15 is 0 Å². The molecule has 1 saturated heterocycles. The highest BCUT2D eigenvalue weighted by atomic mass is 16.3. The molecular formula is C23H22N4O4. The Morgan fingerprint density at radius 3 is 2.55 bits per heavy atom. The van der Waals surface area contributed by atoms with Gasteiger partial charge in [-0.1, -0.05) is 18.2 Å². The highest BCUT2D eigenvalue weighted by molar-refractivity contribution is 5.99. The maximum atomic E-state index is 13.1. The Balaban J connectivity index is 1.34. The molecule has 4 heterocycles. The van der Waals surface area contributed by atoms with Crippen LogP contribution < -0.4 is 16.2 Å². The van der Waals surface area contributed by atoms with E-state index < -0.39 is 6.03 Å². The molecule has 0 radical (unpaired) electrons.